The maximum absolute atomic E-state index is 11.8. The Hall–Kier alpha value is -2.04. The summed E-state index contributed by atoms with van der Waals surface area (Å²) in [4.78, 5) is 22.3. The molecule has 1 aromatic rings. The summed E-state index contributed by atoms with van der Waals surface area (Å²) in [6.07, 6.45) is -5.55. The number of aryl methyl sites for hydroxylation is 1. The monoisotopic (exact) mass is 255 g/mol. The third kappa shape index (κ3) is 3.23. The van der Waals surface area contributed by atoms with Gasteiger partial charge in [-0.1, -0.05) is 6.07 Å². The van der Waals surface area contributed by atoms with E-state index in [-0.39, 0.29) is 42.5 Å². The molecule has 0 saturated carbocycles. The SMILES string of the molecule is [2H]c1cc2c(c([2H])c1OCCCC(=O)O)NC(=O)C([2H])([2H])C2([2H])[2H]. The quantitative estimate of drug-likeness (QED) is 0.787. The number of benzene rings is 1. The topological polar surface area (TPSA) is 75.6 Å². The van der Waals surface area contributed by atoms with Crippen molar-refractivity contribution in [3.8, 4) is 5.75 Å². The van der Waals surface area contributed by atoms with E-state index in [4.69, 9.17) is 18.1 Å². The lowest BCUT2D eigenvalue weighted by molar-refractivity contribution is -0.137. The first-order valence-corrected chi connectivity index (χ1v) is 5.31. The van der Waals surface area contributed by atoms with Crippen LogP contribution in [0.2, 0.25) is 0 Å². The van der Waals surface area contributed by atoms with Crippen molar-refractivity contribution in [2.45, 2.75) is 25.6 Å². The molecular weight excluding hydrogens is 234 g/mol. The highest BCUT2D eigenvalue weighted by Gasteiger charge is 2.14. The molecule has 1 aliphatic heterocycles. The Morgan fingerprint density at radius 3 is 3.22 bits per heavy atom. The number of nitrogens with one attached hydrogen (secondary N) is 1. The van der Waals surface area contributed by atoms with Gasteiger partial charge in [0.1, 0.15) is 5.75 Å². The molecule has 1 heterocycles. The Morgan fingerprint density at radius 2 is 2.44 bits per heavy atom. The molecule has 0 saturated heterocycles. The number of carbonyl (C=O) groups is 2. The van der Waals surface area contributed by atoms with E-state index in [0.717, 1.165) is 6.07 Å². The van der Waals surface area contributed by atoms with E-state index in [0.29, 0.717) is 0 Å². The number of hydrogen-bond acceptors (Lipinski definition) is 3. The zero-order chi connectivity index (χ0) is 18.3. The molecular formula is C13H15NO4. The van der Waals surface area contributed by atoms with Gasteiger partial charge in [0.25, 0.3) is 0 Å². The van der Waals surface area contributed by atoms with Crippen molar-refractivity contribution >= 4 is 17.6 Å². The van der Waals surface area contributed by atoms with Crippen LogP contribution in [0, 0.1) is 0 Å². The highest BCUT2D eigenvalue weighted by atomic mass is 16.5. The molecule has 1 aromatic carbocycles. The molecule has 2 rings (SSSR count). The zero-order valence-corrected chi connectivity index (χ0v) is 9.37. The second-order valence-corrected chi connectivity index (χ2v) is 3.58. The number of ether oxygens (including phenoxy) is 1. The fraction of sp³-hybridized carbons (Fsp3) is 0.385. The summed E-state index contributed by atoms with van der Waals surface area (Å²) >= 11 is 0. The predicted molar refractivity (Wildman–Crippen MR) is 65.8 cm³/mol. The number of amides is 1. The van der Waals surface area contributed by atoms with Gasteiger partial charge in [-0.2, -0.15) is 0 Å². The number of carbonyl (C=O) groups excluding carboxylic acids is 1. The van der Waals surface area contributed by atoms with E-state index < -0.39 is 30.7 Å². The van der Waals surface area contributed by atoms with Gasteiger partial charge in [-0.05, 0) is 24.4 Å². The molecule has 0 bridgehead atoms. The molecule has 1 aliphatic rings. The van der Waals surface area contributed by atoms with Gasteiger partial charge in [0.2, 0.25) is 5.91 Å². The zero-order valence-electron chi connectivity index (χ0n) is 15.4. The van der Waals surface area contributed by atoms with Gasteiger partial charge < -0.3 is 15.2 Å². The molecule has 1 amide bonds. The average molecular weight is 255 g/mol. The predicted octanol–water partition coefficient (Wildman–Crippen LogP) is 1.81. The molecule has 5 nitrogen and oxygen atoms in total. The number of carboxylic acid groups (broad SMARTS) is 1. The minimum Gasteiger partial charge on any atom is -0.494 e. The standard InChI is InChI=1S/C13H15NO4/c15-12-6-4-9-3-5-10(8-11(9)14-12)18-7-1-2-13(16)17/h3,5,8H,1-2,4,6-7H2,(H,14,15)(H,16,17)/i4D2,5D,6D2,8D. The van der Waals surface area contributed by atoms with Crippen LogP contribution in [0.3, 0.4) is 0 Å². The number of hydrogen-bond donors (Lipinski definition) is 2. The summed E-state index contributed by atoms with van der Waals surface area (Å²) in [5, 5.41) is 10.7. The van der Waals surface area contributed by atoms with Crippen molar-refractivity contribution in [3.05, 3.63) is 23.7 Å². The van der Waals surface area contributed by atoms with Crippen LogP contribution in [0.4, 0.5) is 5.69 Å². The van der Waals surface area contributed by atoms with Crippen LogP contribution in [0.25, 0.3) is 0 Å². The lowest BCUT2D eigenvalue weighted by Crippen LogP contribution is -2.18. The molecule has 18 heavy (non-hydrogen) atoms. The molecule has 5 heteroatoms. The molecule has 96 valence electrons. The fourth-order valence-corrected chi connectivity index (χ4v) is 1.37. The van der Waals surface area contributed by atoms with E-state index in [9.17, 15) is 9.59 Å². The van der Waals surface area contributed by atoms with Crippen LogP contribution in [-0.2, 0) is 16.0 Å². The number of anilines is 1. The summed E-state index contributed by atoms with van der Waals surface area (Å²) in [6, 6.07) is 0.224. The van der Waals surface area contributed by atoms with Crippen molar-refractivity contribution in [1.29, 1.82) is 0 Å². The largest absolute Gasteiger partial charge is 0.494 e. The van der Waals surface area contributed by atoms with E-state index in [1.54, 1.807) is 0 Å². The molecule has 0 fully saturated rings. The number of aliphatic carboxylic acids is 1. The van der Waals surface area contributed by atoms with Crippen molar-refractivity contribution in [1.82, 2.24) is 0 Å². The highest BCUT2D eigenvalue weighted by Crippen LogP contribution is 2.27. The second-order valence-electron chi connectivity index (χ2n) is 3.58. The smallest absolute Gasteiger partial charge is 0.303 e. The number of rotatable bonds is 5. The lowest BCUT2D eigenvalue weighted by Gasteiger charge is -2.17. The van der Waals surface area contributed by atoms with Gasteiger partial charge in [-0.25, -0.2) is 0 Å². The minimum atomic E-state index is -2.84. The first-order chi connectivity index (χ1) is 11.0. The summed E-state index contributed by atoms with van der Waals surface area (Å²) in [6.45, 7) is -0.0650. The lowest BCUT2D eigenvalue weighted by atomic mass is 10.0. The highest BCUT2D eigenvalue weighted by molar-refractivity contribution is 5.94. The normalized spacial score (nSPS) is 24.1. The number of carboxylic acids is 1. The van der Waals surface area contributed by atoms with Crippen LogP contribution in [0.5, 0.6) is 5.75 Å². The van der Waals surface area contributed by atoms with Crippen molar-refractivity contribution in [3.63, 3.8) is 0 Å². The summed E-state index contributed by atoms with van der Waals surface area (Å²) in [5.74, 6) is -2.45. The second kappa shape index (κ2) is 5.53. The molecule has 0 radical (unpaired) electrons. The Labute approximate surface area is 113 Å². The maximum atomic E-state index is 11.8. The third-order valence-corrected chi connectivity index (χ3v) is 2.19. The van der Waals surface area contributed by atoms with Gasteiger partial charge >= 0.3 is 5.97 Å². The average Bonchev–Trinajstić information content (AvgIpc) is 2.46. The van der Waals surface area contributed by atoms with Crippen LogP contribution >= 0.6 is 0 Å². The van der Waals surface area contributed by atoms with Crippen LogP contribution in [0.1, 0.15) is 33.0 Å². The van der Waals surface area contributed by atoms with E-state index >= 15 is 0 Å². The summed E-state index contributed by atoms with van der Waals surface area (Å²) < 4.78 is 52.1. The third-order valence-electron chi connectivity index (χ3n) is 2.19. The fourth-order valence-electron chi connectivity index (χ4n) is 1.37. The molecule has 2 N–H and O–H groups in total. The Morgan fingerprint density at radius 1 is 1.61 bits per heavy atom. The van der Waals surface area contributed by atoms with E-state index in [1.165, 1.54) is 0 Å². The maximum Gasteiger partial charge on any atom is 0.303 e. The van der Waals surface area contributed by atoms with Gasteiger partial charge in [-0.3, -0.25) is 9.59 Å². The first kappa shape index (κ1) is 6.78. The summed E-state index contributed by atoms with van der Waals surface area (Å²) in [7, 11) is 0. The van der Waals surface area contributed by atoms with Gasteiger partial charge in [0, 0.05) is 30.0 Å². The molecule has 0 spiro atoms. The van der Waals surface area contributed by atoms with Crippen LogP contribution in [-0.4, -0.2) is 23.6 Å². The molecule has 0 atom stereocenters. The van der Waals surface area contributed by atoms with E-state index in [2.05, 4.69) is 5.32 Å². The first-order valence-electron chi connectivity index (χ1n) is 8.31. The molecule has 0 aliphatic carbocycles. The Kier molecular flexibility index (Phi) is 2.08. The Balaban J connectivity index is 2.39. The number of fused-ring (bicyclic) bond motifs is 1. The minimum absolute atomic E-state index is 0.0650. The molecule has 0 unspecified atom stereocenters. The van der Waals surface area contributed by atoms with Gasteiger partial charge in [0.05, 0.1) is 9.35 Å². The van der Waals surface area contributed by atoms with Crippen molar-refractivity contribution < 1.29 is 27.7 Å². The van der Waals surface area contributed by atoms with Gasteiger partial charge in [0.15, 0.2) is 0 Å². The van der Waals surface area contributed by atoms with Crippen molar-refractivity contribution in [2.24, 2.45) is 0 Å². The molecule has 0 aromatic heterocycles. The summed E-state index contributed by atoms with van der Waals surface area (Å²) in [5.41, 5.74) is -0.552. The van der Waals surface area contributed by atoms with Crippen molar-refractivity contribution in [2.75, 3.05) is 11.9 Å². The van der Waals surface area contributed by atoms with Crippen LogP contribution in [0.15, 0.2) is 18.2 Å². The Bertz CT molecular complexity index is 706. The van der Waals surface area contributed by atoms with Gasteiger partial charge in [-0.15, -0.1) is 0 Å². The van der Waals surface area contributed by atoms with Crippen LogP contribution < -0.4 is 10.1 Å². The van der Waals surface area contributed by atoms with E-state index in [1.807, 2.05) is 0 Å².